The molecule has 0 aromatic heterocycles. The predicted octanol–water partition coefficient (Wildman–Crippen LogP) is 4.29. The molecule has 0 amide bonds. The van der Waals surface area contributed by atoms with Crippen LogP contribution in [0.15, 0.2) is 11.7 Å². The second-order valence-electron chi connectivity index (χ2n) is 2.89. The summed E-state index contributed by atoms with van der Waals surface area (Å²) in [6.07, 6.45) is -13.7. The van der Waals surface area contributed by atoms with Gasteiger partial charge in [-0.2, -0.15) is 35.1 Å². The summed E-state index contributed by atoms with van der Waals surface area (Å²) in [6.45, 7) is -6.89. The summed E-state index contributed by atoms with van der Waals surface area (Å²) in [5, 5.41) is 0. The highest BCUT2D eigenvalue weighted by Crippen LogP contribution is 2.48. The molecular weight excluding hydrogens is 315 g/mol. The minimum absolute atomic E-state index is 1.85. The van der Waals surface area contributed by atoms with Crippen molar-refractivity contribution in [1.29, 1.82) is 0 Å². The molecule has 0 N–H and O–H groups in total. The fourth-order valence-electron chi connectivity index (χ4n) is 0.519. The Balaban J connectivity index is 5.41. The van der Waals surface area contributed by atoms with Gasteiger partial charge in [0.1, 0.15) is 5.73 Å². The standard InChI is InChI=1S/C5BF12O/c7-1(6(16,17)18)2(8)19-5(14,15)3(9,10)4(11,12)13/q-1/b2-1+. The molecule has 19 heavy (non-hydrogen) atoms. The lowest BCUT2D eigenvalue weighted by Crippen LogP contribution is -2.53. The molecule has 0 saturated carbocycles. The van der Waals surface area contributed by atoms with Crippen molar-refractivity contribution in [3.63, 3.8) is 0 Å². The van der Waals surface area contributed by atoms with Crippen molar-refractivity contribution in [2.24, 2.45) is 0 Å². The fourth-order valence-corrected chi connectivity index (χ4v) is 0.519. The molecule has 0 heterocycles. The largest absolute Gasteiger partial charge is 0.543 e. The maximum atomic E-state index is 12.2. The monoisotopic (exact) mass is 315 g/mol. The van der Waals surface area contributed by atoms with Crippen LogP contribution in [-0.2, 0) is 4.74 Å². The van der Waals surface area contributed by atoms with Gasteiger partial charge < -0.3 is 17.7 Å². The Morgan fingerprint density at radius 2 is 1.16 bits per heavy atom. The van der Waals surface area contributed by atoms with Gasteiger partial charge in [0, 0.05) is 0 Å². The molecule has 14 heteroatoms. The van der Waals surface area contributed by atoms with Crippen LogP contribution < -0.4 is 0 Å². The third kappa shape index (κ3) is 3.62. The van der Waals surface area contributed by atoms with Crippen molar-refractivity contribution in [3.8, 4) is 0 Å². The summed E-state index contributed by atoms with van der Waals surface area (Å²) in [7, 11) is 0. The van der Waals surface area contributed by atoms with E-state index in [2.05, 4.69) is 0 Å². The molecule has 1 nitrogen and oxygen atoms in total. The van der Waals surface area contributed by atoms with Gasteiger partial charge in [0.05, 0.1) is 0 Å². The first kappa shape index (κ1) is 17.8. The summed E-state index contributed by atoms with van der Waals surface area (Å²) < 4.78 is 143. The van der Waals surface area contributed by atoms with E-state index >= 15 is 0 Å². The Bertz CT molecular complexity index is 363. The molecule has 0 unspecified atom stereocenters. The summed E-state index contributed by atoms with van der Waals surface area (Å²) in [5.41, 5.74) is -3.96. The Kier molecular flexibility index (Phi) is 4.40. The predicted molar refractivity (Wildman–Crippen MR) is 35.4 cm³/mol. The molecular formula is C5BF12O-. The molecule has 0 aromatic carbocycles. The van der Waals surface area contributed by atoms with Crippen LogP contribution in [0.1, 0.15) is 0 Å². The average molecular weight is 315 g/mol. The first-order valence-corrected chi connectivity index (χ1v) is 3.80. The molecule has 0 aromatic rings. The first-order valence-electron chi connectivity index (χ1n) is 3.80. The van der Waals surface area contributed by atoms with Gasteiger partial charge in [-0.05, 0) is 0 Å². The van der Waals surface area contributed by atoms with E-state index in [1.807, 2.05) is 4.74 Å². The van der Waals surface area contributed by atoms with Crippen molar-refractivity contribution < 1.29 is 57.2 Å². The van der Waals surface area contributed by atoms with Crippen molar-refractivity contribution >= 4 is 6.98 Å². The van der Waals surface area contributed by atoms with Gasteiger partial charge in [0.15, 0.2) is 0 Å². The van der Waals surface area contributed by atoms with Crippen LogP contribution in [0.5, 0.6) is 0 Å². The summed E-state index contributed by atoms with van der Waals surface area (Å²) in [5.74, 6) is -7.03. The molecule has 0 saturated heterocycles. The van der Waals surface area contributed by atoms with E-state index in [-0.39, 0.29) is 0 Å². The number of alkyl halides is 7. The molecule has 0 radical (unpaired) electrons. The summed E-state index contributed by atoms with van der Waals surface area (Å²) in [4.78, 5) is 0. The lowest BCUT2D eigenvalue weighted by atomic mass is 9.90. The lowest BCUT2D eigenvalue weighted by Gasteiger charge is -2.27. The maximum Gasteiger partial charge on any atom is 0.543 e. The van der Waals surface area contributed by atoms with Crippen LogP contribution in [0.2, 0.25) is 0 Å². The van der Waals surface area contributed by atoms with E-state index in [9.17, 15) is 52.5 Å². The molecule has 0 aliphatic carbocycles. The van der Waals surface area contributed by atoms with Gasteiger partial charge in [0.25, 0.3) is 6.01 Å². The molecule has 114 valence electrons. The normalized spacial score (nSPS) is 16.2. The lowest BCUT2D eigenvalue weighted by molar-refractivity contribution is -0.419. The zero-order chi connectivity index (χ0) is 15.9. The average Bonchev–Trinajstić information content (AvgIpc) is 2.12. The van der Waals surface area contributed by atoms with E-state index in [1.54, 1.807) is 0 Å². The summed E-state index contributed by atoms with van der Waals surface area (Å²) >= 11 is 0. The highest BCUT2D eigenvalue weighted by molar-refractivity contribution is 6.66. The van der Waals surface area contributed by atoms with E-state index in [0.29, 0.717) is 0 Å². The van der Waals surface area contributed by atoms with Crippen molar-refractivity contribution in [1.82, 2.24) is 0 Å². The van der Waals surface area contributed by atoms with Crippen LogP contribution in [-0.4, -0.2) is 25.2 Å². The molecule has 0 aliphatic rings. The van der Waals surface area contributed by atoms with E-state index in [0.717, 1.165) is 0 Å². The molecule has 0 rings (SSSR count). The smallest absolute Gasteiger partial charge is 0.443 e. The van der Waals surface area contributed by atoms with Crippen molar-refractivity contribution in [2.45, 2.75) is 18.2 Å². The zero-order valence-corrected chi connectivity index (χ0v) is 8.02. The minimum atomic E-state index is -7.03. The van der Waals surface area contributed by atoms with E-state index in [1.165, 1.54) is 0 Å². The number of ether oxygens (including phenoxy) is 1. The van der Waals surface area contributed by atoms with Gasteiger partial charge in [0.2, 0.25) is 0 Å². The number of hydrogen-bond acceptors (Lipinski definition) is 1. The number of rotatable bonds is 4. The van der Waals surface area contributed by atoms with Crippen LogP contribution in [0.25, 0.3) is 0 Å². The van der Waals surface area contributed by atoms with E-state index in [4.69, 9.17) is 0 Å². The molecule has 0 atom stereocenters. The second-order valence-corrected chi connectivity index (χ2v) is 2.89. The van der Waals surface area contributed by atoms with E-state index < -0.39 is 36.9 Å². The highest BCUT2D eigenvalue weighted by atomic mass is 19.4. The Morgan fingerprint density at radius 3 is 1.42 bits per heavy atom. The van der Waals surface area contributed by atoms with Crippen LogP contribution in [0, 0.1) is 0 Å². The van der Waals surface area contributed by atoms with Crippen LogP contribution in [0.4, 0.5) is 52.5 Å². The Hall–Kier alpha value is -1.24. The number of hydrogen-bond donors (Lipinski definition) is 0. The third-order valence-corrected chi connectivity index (χ3v) is 1.41. The van der Waals surface area contributed by atoms with Crippen molar-refractivity contribution in [3.05, 3.63) is 11.7 Å². The van der Waals surface area contributed by atoms with Gasteiger partial charge in [-0.15, -0.1) is 0 Å². The van der Waals surface area contributed by atoms with Gasteiger partial charge in [-0.3, -0.25) is 0 Å². The van der Waals surface area contributed by atoms with Crippen LogP contribution >= 0.6 is 0 Å². The number of halogens is 12. The van der Waals surface area contributed by atoms with Gasteiger partial charge >= 0.3 is 25.2 Å². The van der Waals surface area contributed by atoms with Gasteiger partial charge in [-0.25, -0.2) is 4.39 Å². The maximum absolute atomic E-state index is 12.2. The quantitative estimate of drug-likeness (QED) is 0.427. The van der Waals surface area contributed by atoms with Crippen molar-refractivity contribution in [2.75, 3.05) is 0 Å². The SMILES string of the molecule is F/C(OC(F)(F)C(F)(F)C(F)(F)F)=C(\F)[B-](F)(F)F. The summed E-state index contributed by atoms with van der Waals surface area (Å²) in [6, 6.07) is -3.93. The minimum Gasteiger partial charge on any atom is -0.443 e. The molecule has 0 aliphatic heterocycles. The van der Waals surface area contributed by atoms with Gasteiger partial charge in [-0.1, -0.05) is 0 Å². The highest BCUT2D eigenvalue weighted by Gasteiger charge is 2.76. The topological polar surface area (TPSA) is 9.23 Å². The molecule has 0 spiro atoms. The fraction of sp³-hybridized carbons (Fsp3) is 0.600. The Morgan fingerprint density at radius 1 is 0.789 bits per heavy atom. The Labute approximate surface area is 95.4 Å². The third-order valence-electron chi connectivity index (χ3n) is 1.41. The van der Waals surface area contributed by atoms with Crippen LogP contribution in [0.3, 0.4) is 0 Å². The molecule has 0 bridgehead atoms. The zero-order valence-electron chi connectivity index (χ0n) is 8.02. The molecule has 0 fully saturated rings. The second kappa shape index (κ2) is 4.70. The first-order chi connectivity index (χ1) is 8.04.